The lowest BCUT2D eigenvalue weighted by molar-refractivity contribution is 0.0791. The largest absolute Gasteiger partial charge is 0.336 e. The van der Waals surface area contributed by atoms with E-state index in [9.17, 15) is 4.79 Å². The number of piperazine rings is 1. The van der Waals surface area contributed by atoms with E-state index < -0.39 is 0 Å². The normalized spacial score (nSPS) is 28.6. The Morgan fingerprint density at radius 2 is 2.00 bits per heavy atom. The van der Waals surface area contributed by atoms with Gasteiger partial charge in [-0.15, -0.1) is 0 Å². The molecule has 2 amide bonds. The second-order valence-corrected chi connectivity index (χ2v) is 7.11. The van der Waals surface area contributed by atoms with E-state index in [1.807, 2.05) is 0 Å². The van der Waals surface area contributed by atoms with Crippen molar-refractivity contribution in [2.45, 2.75) is 71.5 Å². The van der Waals surface area contributed by atoms with Gasteiger partial charge in [0.05, 0.1) is 0 Å². The van der Waals surface area contributed by atoms with E-state index in [4.69, 9.17) is 0 Å². The fraction of sp³-hybridized carbons (Fsp3) is 0.938. The highest BCUT2D eigenvalue weighted by Gasteiger charge is 2.36. The molecule has 2 rings (SSSR count). The molecule has 116 valence electrons. The number of hydrogen-bond acceptors (Lipinski definition) is 2. The van der Waals surface area contributed by atoms with E-state index >= 15 is 0 Å². The molecule has 0 radical (unpaired) electrons. The van der Waals surface area contributed by atoms with Crippen molar-refractivity contribution in [3.05, 3.63) is 0 Å². The van der Waals surface area contributed by atoms with Crippen molar-refractivity contribution in [1.82, 2.24) is 15.1 Å². The summed E-state index contributed by atoms with van der Waals surface area (Å²) < 4.78 is 0. The van der Waals surface area contributed by atoms with Gasteiger partial charge in [-0.05, 0) is 52.0 Å². The maximum atomic E-state index is 12.4. The maximum Gasteiger partial charge on any atom is 0.317 e. The van der Waals surface area contributed by atoms with Crippen molar-refractivity contribution >= 4 is 6.03 Å². The number of urea groups is 1. The predicted octanol–water partition coefficient (Wildman–Crippen LogP) is 2.69. The quantitative estimate of drug-likeness (QED) is 0.860. The highest BCUT2D eigenvalue weighted by Crippen LogP contribution is 2.24. The summed E-state index contributed by atoms with van der Waals surface area (Å²) >= 11 is 0. The summed E-state index contributed by atoms with van der Waals surface area (Å²) in [5.74, 6) is 0.704. The fourth-order valence-electron chi connectivity index (χ4n) is 3.42. The summed E-state index contributed by atoms with van der Waals surface area (Å²) in [7, 11) is 0. The van der Waals surface area contributed by atoms with Crippen LogP contribution in [0.5, 0.6) is 0 Å². The summed E-state index contributed by atoms with van der Waals surface area (Å²) in [6.45, 7) is 11.9. The summed E-state index contributed by atoms with van der Waals surface area (Å²) in [5, 5.41) is 3.18. The molecule has 4 heteroatoms. The highest BCUT2D eigenvalue weighted by atomic mass is 16.2. The predicted molar refractivity (Wildman–Crippen MR) is 82.8 cm³/mol. The number of carbonyl (C=O) groups excluding carboxylic acids is 1. The monoisotopic (exact) mass is 281 g/mol. The van der Waals surface area contributed by atoms with Gasteiger partial charge >= 0.3 is 6.03 Å². The van der Waals surface area contributed by atoms with Gasteiger partial charge in [-0.3, -0.25) is 4.90 Å². The number of rotatable bonds is 4. The van der Waals surface area contributed by atoms with Crippen LogP contribution in [0.3, 0.4) is 0 Å². The van der Waals surface area contributed by atoms with Crippen LogP contribution in [0.2, 0.25) is 0 Å². The average Bonchev–Trinajstić information content (AvgIpc) is 2.82. The molecule has 2 fully saturated rings. The van der Waals surface area contributed by atoms with Gasteiger partial charge < -0.3 is 10.2 Å². The molecule has 4 nitrogen and oxygen atoms in total. The molecule has 2 aliphatic heterocycles. The Morgan fingerprint density at radius 3 is 2.70 bits per heavy atom. The Bertz CT molecular complexity index is 332. The summed E-state index contributed by atoms with van der Waals surface area (Å²) in [5.41, 5.74) is 0. The number of hydrogen-bond donors (Lipinski definition) is 1. The molecule has 20 heavy (non-hydrogen) atoms. The lowest BCUT2D eigenvalue weighted by atomic mass is 10.0. The highest BCUT2D eigenvalue weighted by molar-refractivity contribution is 5.75. The first kappa shape index (κ1) is 15.6. The number of nitrogens with zero attached hydrogens (tertiary/aromatic N) is 2. The maximum absolute atomic E-state index is 12.4. The Kier molecular flexibility index (Phi) is 5.30. The molecule has 0 aromatic rings. The standard InChI is InChI=1S/C16H31N3O/c1-12(2)7-8-13(3)17-16(20)19-11-15-6-5-9-18(15)10-14(19)4/h12-15H,5-11H2,1-4H3,(H,17,20)/t13-,14-,15-/m0/s1. The summed E-state index contributed by atoms with van der Waals surface area (Å²) in [6, 6.07) is 1.35. The number of nitrogens with one attached hydrogen (secondary N) is 1. The second kappa shape index (κ2) is 6.79. The molecule has 0 unspecified atom stereocenters. The molecule has 2 heterocycles. The third-order valence-electron chi connectivity index (χ3n) is 4.75. The fourth-order valence-corrected chi connectivity index (χ4v) is 3.42. The lowest BCUT2D eigenvalue weighted by Crippen LogP contribution is -2.59. The van der Waals surface area contributed by atoms with Crippen LogP contribution in [0.15, 0.2) is 0 Å². The van der Waals surface area contributed by atoms with Crippen molar-refractivity contribution < 1.29 is 4.79 Å². The smallest absolute Gasteiger partial charge is 0.317 e. The van der Waals surface area contributed by atoms with Crippen molar-refractivity contribution in [3.8, 4) is 0 Å². The molecule has 0 bridgehead atoms. The van der Waals surface area contributed by atoms with Crippen LogP contribution >= 0.6 is 0 Å². The van der Waals surface area contributed by atoms with Gasteiger partial charge in [-0.25, -0.2) is 4.79 Å². The topological polar surface area (TPSA) is 35.6 Å². The Labute approximate surface area is 123 Å². The lowest BCUT2D eigenvalue weighted by Gasteiger charge is -2.42. The van der Waals surface area contributed by atoms with Crippen LogP contribution in [0.4, 0.5) is 4.79 Å². The van der Waals surface area contributed by atoms with Crippen LogP contribution in [0.25, 0.3) is 0 Å². The van der Waals surface area contributed by atoms with E-state index in [-0.39, 0.29) is 12.1 Å². The molecule has 2 aliphatic rings. The van der Waals surface area contributed by atoms with Crippen LogP contribution in [-0.4, -0.2) is 53.6 Å². The minimum atomic E-state index is 0.139. The first-order valence-corrected chi connectivity index (χ1v) is 8.28. The van der Waals surface area contributed by atoms with E-state index in [1.165, 1.54) is 25.8 Å². The van der Waals surface area contributed by atoms with Crippen molar-refractivity contribution in [2.75, 3.05) is 19.6 Å². The zero-order valence-corrected chi connectivity index (χ0v) is 13.6. The Balaban J connectivity index is 1.82. The molecule has 0 saturated carbocycles. The molecular formula is C16H31N3O. The van der Waals surface area contributed by atoms with Crippen LogP contribution in [-0.2, 0) is 0 Å². The average molecular weight is 281 g/mol. The molecule has 0 aromatic heterocycles. The third kappa shape index (κ3) is 3.87. The van der Waals surface area contributed by atoms with Gasteiger partial charge in [0.2, 0.25) is 0 Å². The van der Waals surface area contributed by atoms with Crippen LogP contribution in [0, 0.1) is 5.92 Å². The molecule has 0 aromatic carbocycles. The van der Waals surface area contributed by atoms with Gasteiger partial charge in [-0.2, -0.15) is 0 Å². The number of amides is 2. The van der Waals surface area contributed by atoms with E-state index in [2.05, 4.69) is 42.8 Å². The summed E-state index contributed by atoms with van der Waals surface area (Å²) in [6.07, 6.45) is 4.78. The van der Waals surface area contributed by atoms with Gasteiger partial charge in [0.1, 0.15) is 0 Å². The molecule has 0 aliphatic carbocycles. The third-order valence-corrected chi connectivity index (χ3v) is 4.75. The molecule has 1 N–H and O–H groups in total. The molecule has 3 atom stereocenters. The van der Waals surface area contributed by atoms with Gasteiger partial charge in [0.15, 0.2) is 0 Å². The van der Waals surface area contributed by atoms with E-state index in [0.29, 0.717) is 18.0 Å². The van der Waals surface area contributed by atoms with Gasteiger partial charge in [0, 0.05) is 31.2 Å². The van der Waals surface area contributed by atoms with Crippen LogP contribution in [0.1, 0.15) is 53.4 Å². The van der Waals surface area contributed by atoms with Gasteiger partial charge in [0.25, 0.3) is 0 Å². The minimum absolute atomic E-state index is 0.139. The molecular weight excluding hydrogens is 250 g/mol. The number of fused-ring (bicyclic) bond motifs is 1. The Hall–Kier alpha value is -0.770. The zero-order chi connectivity index (χ0) is 14.7. The van der Waals surface area contributed by atoms with E-state index in [0.717, 1.165) is 19.5 Å². The van der Waals surface area contributed by atoms with Crippen molar-refractivity contribution in [2.24, 2.45) is 5.92 Å². The SMILES string of the molecule is CC(C)CC[C@H](C)NC(=O)N1C[C@@H]2CCCN2C[C@@H]1C. The minimum Gasteiger partial charge on any atom is -0.336 e. The molecule has 2 saturated heterocycles. The van der Waals surface area contributed by atoms with Crippen molar-refractivity contribution in [3.63, 3.8) is 0 Å². The van der Waals surface area contributed by atoms with Crippen LogP contribution < -0.4 is 5.32 Å². The first-order valence-electron chi connectivity index (χ1n) is 8.28. The zero-order valence-electron chi connectivity index (χ0n) is 13.6. The summed E-state index contributed by atoms with van der Waals surface area (Å²) in [4.78, 5) is 17.1. The number of carbonyl (C=O) groups is 1. The first-order chi connectivity index (χ1) is 9.47. The van der Waals surface area contributed by atoms with E-state index in [1.54, 1.807) is 0 Å². The Morgan fingerprint density at radius 1 is 1.25 bits per heavy atom. The second-order valence-electron chi connectivity index (χ2n) is 7.11. The molecule has 0 spiro atoms. The van der Waals surface area contributed by atoms with Crippen molar-refractivity contribution in [1.29, 1.82) is 0 Å². The van der Waals surface area contributed by atoms with Gasteiger partial charge in [-0.1, -0.05) is 13.8 Å².